The van der Waals surface area contributed by atoms with E-state index in [1.54, 1.807) is 6.33 Å². The van der Waals surface area contributed by atoms with Crippen molar-refractivity contribution in [3.05, 3.63) is 60.3 Å². The van der Waals surface area contributed by atoms with Gasteiger partial charge < -0.3 is 4.57 Å². The van der Waals surface area contributed by atoms with Gasteiger partial charge in [0.05, 0.1) is 30.0 Å². The highest BCUT2D eigenvalue weighted by Crippen LogP contribution is 2.17. The first kappa shape index (κ1) is 11.2. The predicted molar refractivity (Wildman–Crippen MR) is 72.6 cm³/mol. The zero-order valence-electron chi connectivity index (χ0n) is 9.75. The fourth-order valence-corrected chi connectivity index (χ4v) is 2.19. The quantitative estimate of drug-likeness (QED) is 0.675. The first-order chi connectivity index (χ1) is 8.86. The van der Waals surface area contributed by atoms with Crippen molar-refractivity contribution >= 4 is 22.5 Å². The van der Waals surface area contributed by atoms with Crippen LogP contribution in [0.15, 0.2) is 49.1 Å². The molecule has 0 saturated carbocycles. The number of aromatic nitrogens is 3. The van der Waals surface area contributed by atoms with Gasteiger partial charge in [0.15, 0.2) is 0 Å². The van der Waals surface area contributed by atoms with Crippen LogP contribution in [0.4, 0.5) is 0 Å². The Hall–Kier alpha value is -1.87. The molecule has 0 aliphatic carbocycles. The summed E-state index contributed by atoms with van der Waals surface area (Å²) in [4.78, 5) is 8.67. The molecule has 0 amide bonds. The van der Waals surface area contributed by atoms with Crippen LogP contribution in [-0.2, 0) is 12.4 Å². The lowest BCUT2D eigenvalue weighted by Crippen LogP contribution is -1.98. The number of pyridine rings is 1. The van der Waals surface area contributed by atoms with Gasteiger partial charge in [-0.05, 0) is 11.6 Å². The van der Waals surface area contributed by atoms with Crippen molar-refractivity contribution in [1.82, 2.24) is 14.5 Å². The molecule has 0 aliphatic heterocycles. The molecule has 0 fully saturated rings. The topological polar surface area (TPSA) is 30.7 Å². The van der Waals surface area contributed by atoms with E-state index in [0.29, 0.717) is 5.88 Å². The Kier molecular flexibility index (Phi) is 2.99. The van der Waals surface area contributed by atoms with E-state index >= 15 is 0 Å². The maximum atomic E-state index is 5.75. The summed E-state index contributed by atoms with van der Waals surface area (Å²) in [5.74, 6) is 0.445. The van der Waals surface area contributed by atoms with Gasteiger partial charge in [0, 0.05) is 17.8 Å². The smallest absolute Gasteiger partial charge is 0.0953 e. The largest absolute Gasteiger partial charge is 0.333 e. The number of imidazole rings is 1. The standard InChI is InChI=1S/C14H12ClN3/c15-7-13-9-18(10-17-13)8-12-4-1-3-11-5-2-6-16-14(11)12/h1-6,9-10H,7-8H2. The third-order valence-corrected chi connectivity index (χ3v) is 3.17. The number of hydrogen-bond acceptors (Lipinski definition) is 2. The Balaban J connectivity index is 1.99. The van der Waals surface area contributed by atoms with Crippen LogP contribution in [0, 0.1) is 0 Å². The third-order valence-electron chi connectivity index (χ3n) is 2.89. The van der Waals surface area contributed by atoms with Gasteiger partial charge in [-0.1, -0.05) is 24.3 Å². The molecule has 3 nitrogen and oxygen atoms in total. The Morgan fingerprint density at radius 1 is 1.11 bits per heavy atom. The molecule has 0 atom stereocenters. The molecule has 0 unspecified atom stereocenters. The number of halogens is 1. The predicted octanol–water partition coefficient (Wildman–Crippen LogP) is 3.22. The normalized spacial score (nSPS) is 10.9. The Morgan fingerprint density at radius 2 is 2.00 bits per heavy atom. The van der Waals surface area contributed by atoms with Crippen LogP contribution in [0.5, 0.6) is 0 Å². The van der Waals surface area contributed by atoms with Gasteiger partial charge in [-0.25, -0.2) is 4.98 Å². The summed E-state index contributed by atoms with van der Waals surface area (Å²) >= 11 is 5.75. The van der Waals surface area contributed by atoms with Crippen LogP contribution in [0.3, 0.4) is 0 Å². The first-order valence-electron chi connectivity index (χ1n) is 5.76. The lowest BCUT2D eigenvalue weighted by Gasteiger charge is -2.06. The van der Waals surface area contributed by atoms with Gasteiger partial charge in [-0.3, -0.25) is 4.98 Å². The lowest BCUT2D eigenvalue weighted by atomic mass is 10.1. The minimum atomic E-state index is 0.445. The van der Waals surface area contributed by atoms with E-state index in [1.165, 1.54) is 5.56 Å². The van der Waals surface area contributed by atoms with Gasteiger partial charge in [-0.2, -0.15) is 0 Å². The number of para-hydroxylation sites is 1. The number of nitrogens with zero attached hydrogens (tertiary/aromatic N) is 3. The molecule has 2 aromatic heterocycles. The number of hydrogen-bond donors (Lipinski definition) is 0. The van der Waals surface area contributed by atoms with E-state index in [2.05, 4.69) is 34.2 Å². The van der Waals surface area contributed by atoms with Gasteiger partial charge in [0.1, 0.15) is 0 Å². The summed E-state index contributed by atoms with van der Waals surface area (Å²) in [7, 11) is 0. The van der Waals surface area contributed by atoms with Gasteiger partial charge in [0.25, 0.3) is 0 Å². The zero-order chi connectivity index (χ0) is 12.4. The highest BCUT2D eigenvalue weighted by molar-refractivity contribution is 6.16. The van der Waals surface area contributed by atoms with E-state index in [9.17, 15) is 0 Å². The maximum Gasteiger partial charge on any atom is 0.0953 e. The summed E-state index contributed by atoms with van der Waals surface area (Å²) in [6.07, 6.45) is 5.60. The van der Waals surface area contributed by atoms with Crippen molar-refractivity contribution in [1.29, 1.82) is 0 Å². The first-order valence-corrected chi connectivity index (χ1v) is 6.29. The zero-order valence-corrected chi connectivity index (χ0v) is 10.5. The van der Waals surface area contributed by atoms with Crippen LogP contribution < -0.4 is 0 Å². The van der Waals surface area contributed by atoms with Crippen molar-refractivity contribution in [2.45, 2.75) is 12.4 Å². The van der Waals surface area contributed by atoms with Gasteiger partial charge in [0.2, 0.25) is 0 Å². The Morgan fingerprint density at radius 3 is 2.83 bits per heavy atom. The van der Waals surface area contributed by atoms with Crippen molar-refractivity contribution < 1.29 is 0 Å². The van der Waals surface area contributed by atoms with Crippen molar-refractivity contribution in [3.63, 3.8) is 0 Å². The number of benzene rings is 1. The molecule has 0 saturated heterocycles. The summed E-state index contributed by atoms with van der Waals surface area (Å²) in [6.45, 7) is 0.762. The number of alkyl halides is 1. The second-order valence-electron chi connectivity index (χ2n) is 4.16. The average molecular weight is 258 g/mol. The molecule has 3 aromatic rings. The molecule has 1 aromatic carbocycles. The molecule has 0 N–H and O–H groups in total. The van der Waals surface area contributed by atoms with Gasteiger partial charge >= 0.3 is 0 Å². The van der Waals surface area contributed by atoms with Crippen molar-refractivity contribution in [3.8, 4) is 0 Å². The molecular weight excluding hydrogens is 246 g/mol. The molecule has 3 rings (SSSR count). The van der Waals surface area contributed by atoms with Crippen molar-refractivity contribution in [2.75, 3.05) is 0 Å². The second kappa shape index (κ2) is 4.78. The molecule has 0 radical (unpaired) electrons. The molecule has 90 valence electrons. The van der Waals surface area contributed by atoms with Crippen LogP contribution in [0.1, 0.15) is 11.3 Å². The van der Waals surface area contributed by atoms with Crippen molar-refractivity contribution in [2.24, 2.45) is 0 Å². The van der Waals surface area contributed by atoms with Crippen LogP contribution in [0.25, 0.3) is 10.9 Å². The third kappa shape index (κ3) is 2.09. The van der Waals surface area contributed by atoms with E-state index in [0.717, 1.165) is 23.1 Å². The molecular formula is C14H12ClN3. The molecule has 4 heteroatoms. The van der Waals surface area contributed by atoms with Crippen LogP contribution in [-0.4, -0.2) is 14.5 Å². The summed E-state index contributed by atoms with van der Waals surface area (Å²) < 4.78 is 2.03. The minimum absolute atomic E-state index is 0.445. The molecule has 0 aliphatic rings. The number of fused-ring (bicyclic) bond motifs is 1. The molecule has 0 spiro atoms. The van der Waals surface area contributed by atoms with E-state index in [-0.39, 0.29) is 0 Å². The SMILES string of the molecule is ClCc1cn(Cc2cccc3cccnc23)cn1. The maximum absolute atomic E-state index is 5.75. The average Bonchev–Trinajstić information content (AvgIpc) is 2.87. The number of rotatable bonds is 3. The van der Waals surface area contributed by atoms with Gasteiger partial charge in [-0.15, -0.1) is 11.6 Å². The van der Waals surface area contributed by atoms with E-state index in [4.69, 9.17) is 11.6 Å². The molecule has 18 heavy (non-hydrogen) atoms. The fourth-order valence-electron chi connectivity index (χ4n) is 2.05. The highest BCUT2D eigenvalue weighted by atomic mass is 35.5. The minimum Gasteiger partial charge on any atom is -0.333 e. The lowest BCUT2D eigenvalue weighted by molar-refractivity contribution is 0.800. The van der Waals surface area contributed by atoms with E-state index < -0.39 is 0 Å². The van der Waals surface area contributed by atoms with Crippen LogP contribution >= 0.6 is 11.6 Å². The molecule has 0 bridgehead atoms. The summed E-state index contributed by atoms with van der Waals surface area (Å²) in [5, 5.41) is 1.16. The second-order valence-corrected chi connectivity index (χ2v) is 4.43. The summed E-state index contributed by atoms with van der Waals surface area (Å²) in [5.41, 5.74) is 3.12. The summed E-state index contributed by atoms with van der Waals surface area (Å²) in [6, 6.07) is 10.2. The Bertz CT molecular complexity index is 670. The van der Waals surface area contributed by atoms with Crippen LogP contribution in [0.2, 0.25) is 0 Å². The van der Waals surface area contributed by atoms with E-state index in [1.807, 2.05) is 23.0 Å². The monoisotopic (exact) mass is 257 g/mol. The Labute approximate surface area is 110 Å². The molecule has 2 heterocycles. The fraction of sp³-hybridized carbons (Fsp3) is 0.143. The highest BCUT2D eigenvalue weighted by Gasteiger charge is 2.03.